The van der Waals surface area contributed by atoms with Crippen LogP contribution in [0, 0.1) is 0 Å². The molecule has 0 aromatic heterocycles. The standard InChI is InChI=1S/C5H9NSi/c1-4-3-7-5(2)6-4/h3H,7H2,1-2H3. The Balaban J connectivity index is 2.69. The summed E-state index contributed by atoms with van der Waals surface area (Å²) in [6.07, 6.45) is 0. The topological polar surface area (TPSA) is 12.4 Å². The highest BCUT2D eigenvalue weighted by molar-refractivity contribution is 6.80. The van der Waals surface area contributed by atoms with Gasteiger partial charge < -0.3 is 0 Å². The molecule has 1 aliphatic rings. The summed E-state index contributed by atoms with van der Waals surface area (Å²) in [5.41, 5.74) is 3.50. The molecule has 0 aliphatic carbocycles. The lowest BCUT2D eigenvalue weighted by molar-refractivity contribution is 1.34. The highest BCUT2D eigenvalue weighted by Gasteiger charge is 1.96. The molecule has 0 saturated heterocycles. The van der Waals surface area contributed by atoms with E-state index in [1.165, 1.54) is 11.0 Å². The van der Waals surface area contributed by atoms with E-state index in [2.05, 4.69) is 24.5 Å². The number of allylic oxidation sites excluding steroid dienone is 1. The van der Waals surface area contributed by atoms with Crippen molar-refractivity contribution in [2.45, 2.75) is 13.8 Å². The monoisotopic (exact) mass is 111 g/mol. The third-order valence-electron chi connectivity index (χ3n) is 1.06. The third kappa shape index (κ3) is 0.995. The second-order valence-electron chi connectivity index (χ2n) is 1.90. The number of nitrogens with zero attached hydrogens (tertiary/aromatic N) is 1. The van der Waals surface area contributed by atoms with Gasteiger partial charge in [-0.3, -0.25) is 4.99 Å². The Morgan fingerprint density at radius 2 is 2.29 bits per heavy atom. The quantitative estimate of drug-likeness (QED) is 0.402. The molecular formula is C5H9NSi. The maximum absolute atomic E-state index is 4.23. The Labute approximate surface area is 46.0 Å². The second kappa shape index (κ2) is 1.62. The molecule has 0 spiro atoms. The molecule has 38 valence electrons. The van der Waals surface area contributed by atoms with E-state index in [0.717, 1.165) is 0 Å². The van der Waals surface area contributed by atoms with Gasteiger partial charge in [0.2, 0.25) is 0 Å². The van der Waals surface area contributed by atoms with Crippen LogP contribution in [0.15, 0.2) is 16.4 Å². The fraction of sp³-hybridized carbons (Fsp3) is 0.400. The van der Waals surface area contributed by atoms with Crippen molar-refractivity contribution in [3.8, 4) is 0 Å². The lowest BCUT2D eigenvalue weighted by atomic mass is 10.6. The lowest BCUT2D eigenvalue weighted by Crippen LogP contribution is -1.93. The van der Waals surface area contributed by atoms with Crippen molar-refractivity contribution >= 4 is 14.9 Å². The summed E-state index contributed by atoms with van der Waals surface area (Å²) in [6.45, 7) is 4.17. The average molecular weight is 111 g/mol. The first kappa shape index (κ1) is 4.78. The van der Waals surface area contributed by atoms with E-state index >= 15 is 0 Å². The normalized spacial score (nSPS) is 22.6. The summed E-state index contributed by atoms with van der Waals surface area (Å²) in [4.78, 5) is 4.23. The molecule has 1 rings (SSSR count). The van der Waals surface area contributed by atoms with E-state index in [-0.39, 0.29) is 9.52 Å². The largest absolute Gasteiger partial charge is 0.269 e. The fourth-order valence-corrected chi connectivity index (χ4v) is 1.71. The Bertz CT molecular complexity index is 135. The van der Waals surface area contributed by atoms with E-state index < -0.39 is 0 Å². The molecule has 7 heavy (non-hydrogen) atoms. The van der Waals surface area contributed by atoms with E-state index in [9.17, 15) is 0 Å². The molecule has 0 N–H and O–H groups in total. The van der Waals surface area contributed by atoms with Crippen molar-refractivity contribution in [2.75, 3.05) is 0 Å². The van der Waals surface area contributed by atoms with Crippen LogP contribution in [0.25, 0.3) is 0 Å². The van der Waals surface area contributed by atoms with Crippen molar-refractivity contribution in [1.82, 2.24) is 0 Å². The van der Waals surface area contributed by atoms with Gasteiger partial charge in [-0.05, 0) is 19.2 Å². The smallest absolute Gasteiger partial charge is 0.0983 e. The number of rotatable bonds is 0. The molecule has 0 fully saturated rings. The van der Waals surface area contributed by atoms with E-state index in [0.29, 0.717) is 0 Å². The second-order valence-corrected chi connectivity index (χ2v) is 3.74. The van der Waals surface area contributed by atoms with E-state index in [1.807, 2.05) is 0 Å². The summed E-state index contributed by atoms with van der Waals surface area (Å²) >= 11 is 0. The van der Waals surface area contributed by atoms with Crippen molar-refractivity contribution in [3.63, 3.8) is 0 Å². The van der Waals surface area contributed by atoms with Gasteiger partial charge in [0.05, 0.1) is 9.52 Å². The molecule has 0 aromatic carbocycles. The molecule has 0 bridgehead atoms. The van der Waals surface area contributed by atoms with Crippen LogP contribution >= 0.6 is 0 Å². The number of hydrogen-bond donors (Lipinski definition) is 0. The Morgan fingerprint density at radius 1 is 1.57 bits per heavy atom. The summed E-state index contributed by atoms with van der Waals surface area (Å²) in [5, 5.41) is 1.37. The molecule has 0 amide bonds. The Hall–Kier alpha value is -0.373. The van der Waals surface area contributed by atoms with Gasteiger partial charge in [0.1, 0.15) is 0 Å². The molecule has 0 saturated carbocycles. The summed E-state index contributed by atoms with van der Waals surface area (Å²) in [5.74, 6) is 0. The third-order valence-corrected chi connectivity index (χ3v) is 2.60. The first-order chi connectivity index (χ1) is 3.29. The minimum Gasteiger partial charge on any atom is -0.269 e. The van der Waals surface area contributed by atoms with Crippen LogP contribution in [0.5, 0.6) is 0 Å². The minimum absolute atomic E-state index is 0.00810. The maximum Gasteiger partial charge on any atom is 0.0983 e. The van der Waals surface area contributed by atoms with Gasteiger partial charge in [0, 0.05) is 5.70 Å². The fourth-order valence-electron chi connectivity index (χ4n) is 0.688. The molecule has 1 aliphatic heterocycles. The van der Waals surface area contributed by atoms with Gasteiger partial charge in [-0.2, -0.15) is 0 Å². The van der Waals surface area contributed by atoms with Crippen molar-refractivity contribution in [1.29, 1.82) is 0 Å². The highest BCUT2D eigenvalue weighted by Crippen LogP contribution is 2.00. The Morgan fingerprint density at radius 3 is 2.43 bits per heavy atom. The van der Waals surface area contributed by atoms with Crippen molar-refractivity contribution < 1.29 is 0 Å². The van der Waals surface area contributed by atoms with E-state index in [1.54, 1.807) is 0 Å². The van der Waals surface area contributed by atoms with Gasteiger partial charge in [-0.15, -0.1) is 0 Å². The first-order valence-corrected chi connectivity index (χ1v) is 4.02. The molecule has 0 aromatic rings. The van der Waals surface area contributed by atoms with Crippen LogP contribution in [-0.4, -0.2) is 14.9 Å². The minimum atomic E-state index is 0.00810. The first-order valence-electron chi connectivity index (χ1n) is 2.50. The van der Waals surface area contributed by atoms with Crippen molar-refractivity contribution in [2.24, 2.45) is 4.99 Å². The zero-order chi connectivity index (χ0) is 5.28. The van der Waals surface area contributed by atoms with Crippen LogP contribution < -0.4 is 0 Å². The van der Waals surface area contributed by atoms with Gasteiger partial charge in [-0.25, -0.2) is 0 Å². The van der Waals surface area contributed by atoms with Gasteiger partial charge >= 0.3 is 0 Å². The molecule has 2 heteroatoms. The summed E-state index contributed by atoms with van der Waals surface area (Å²) < 4.78 is 0. The van der Waals surface area contributed by atoms with E-state index in [4.69, 9.17) is 0 Å². The molecule has 0 atom stereocenters. The zero-order valence-electron chi connectivity index (χ0n) is 4.73. The molecule has 0 unspecified atom stereocenters. The number of hydrogen-bond acceptors (Lipinski definition) is 1. The maximum atomic E-state index is 4.23. The van der Waals surface area contributed by atoms with Crippen LogP contribution in [0.1, 0.15) is 13.8 Å². The number of aliphatic imine (C=N–C) groups is 1. The van der Waals surface area contributed by atoms with Crippen LogP contribution in [-0.2, 0) is 0 Å². The molecule has 0 radical (unpaired) electrons. The van der Waals surface area contributed by atoms with Crippen LogP contribution in [0.3, 0.4) is 0 Å². The van der Waals surface area contributed by atoms with Crippen LogP contribution in [0.4, 0.5) is 0 Å². The highest BCUT2D eigenvalue weighted by atomic mass is 28.2. The SMILES string of the molecule is CC1=C[SiH2]C(C)=N1. The predicted molar refractivity (Wildman–Crippen MR) is 35.4 cm³/mol. The zero-order valence-corrected chi connectivity index (χ0v) is 6.15. The van der Waals surface area contributed by atoms with Crippen LogP contribution in [0.2, 0.25) is 0 Å². The Kier molecular flexibility index (Phi) is 1.10. The van der Waals surface area contributed by atoms with Gasteiger partial charge in [-0.1, -0.05) is 5.70 Å². The summed E-state index contributed by atoms with van der Waals surface area (Å²) in [7, 11) is 0.00810. The van der Waals surface area contributed by atoms with Crippen molar-refractivity contribution in [3.05, 3.63) is 11.4 Å². The summed E-state index contributed by atoms with van der Waals surface area (Å²) in [6, 6.07) is 0. The predicted octanol–water partition coefficient (Wildman–Crippen LogP) is 0.449. The molecule has 1 nitrogen and oxygen atoms in total. The average Bonchev–Trinajstić information content (AvgIpc) is 1.87. The lowest BCUT2D eigenvalue weighted by Gasteiger charge is -1.79. The molecular weight excluding hydrogens is 102 g/mol. The van der Waals surface area contributed by atoms with Gasteiger partial charge in [0.25, 0.3) is 0 Å². The molecule has 1 heterocycles. The van der Waals surface area contributed by atoms with Gasteiger partial charge in [0.15, 0.2) is 0 Å².